The zero-order valence-corrected chi connectivity index (χ0v) is 11.0. The molecule has 0 spiro atoms. The lowest BCUT2D eigenvalue weighted by molar-refractivity contribution is 0.0697. The third-order valence-corrected chi connectivity index (χ3v) is 3.13. The van der Waals surface area contributed by atoms with E-state index in [2.05, 4.69) is 5.10 Å². The molecule has 0 amide bonds. The zero-order chi connectivity index (χ0) is 14.3. The number of aryl methyl sites for hydroxylation is 1. The summed E-state index contributed by atoms with van der Waals surface area (Å²) in [6, 6.07) is 7.29. The van der Waals surface area contributed by atoms with Crippen LogP contribution in [0.1, 0.15) is 10.4 Å². The minimum atomic E-state index is -1.04. The Bertz CT molecular complexity index is 801. The second-order valence-corrected chi connectivity index (χ2v) is 4.32. The highest BCUT2D eigenvalue weighted by molar-refractivity contribution is 5.96. The molecule has 0 aliphatic heterocycles. The summed E-state index contributed by atoms with van der Waals surface area (Å²) in [7, 11) is 3.23. The van der Waals surface area contributed by atoms with Crippen molar-refractivity contribution >= 4 is 16.9 Å². The summed E-state index contributed by atoms with van der Waals surface area (Å²) in [6.45, 7) is 0. The van der Waals surface area contributed by atoms with E-state index in [0.717, 1.165) is 5.39 Å². The van der Waals surface area contributed by atoms with Crippen molar-refractivity contribution in [3.05, 3.63) is 36.0 Å². The number of carbonyl (C=O) groups is 1. The topological polar surface area (TPSA) is 77.5 Å². The summed E-state index contributed by atoms with van der Waals surface area (Å²) >= 11 is 0. The van der Waals surface area contributed by atoms with Crippen LogP contribution in [0.3, 0.4) is 0 Å². The minimum absolute atomic E-state index is 0.102. The molecule has 0 aliphatic rings. The Morgan fingerprint density at radius 1 is 1.45 bits per heavy atom. The van der Waals surface area contributed by atoms with Gasteiger partial charge in [0.25, 0.3) is 0 Å². The third kappa shape index (κ3) is 1.73. The Labute approximate surface area is 114 Å². The van der Waals surface area contributed by atoms with Crippen LogP contribution in [-0.2, 0) is 7.05 Å². The maximum atomic E-state index is 11.2. The first-order valence-electron chi connectivity index (χ1n) is 5.94. The molecule has 0 fully saturated rings. The summed E-state index contributed by atoms with van der Waals surface area (Å²) in [5, 5.41) is 14.0. The van der Waals surface area contributed by atoms with Gasteiger partial charge in [-0.25, -0.2) is 4.79 Å². The number of methoxy groups -OCH3 is 1. The molecule has 3 aromatic rings. The summed E-state index contributed by atoms with van der Waals surface area (Å²) in [5.41, 5.74) is 1.11. The molecule has 1 aromatic carbocycles. The van der Waals surface area contributed by atoms with Crippen molar-refractivity contribution in [3.63, 3.8) is 0 Å². The third-order valence-electron chi connectivity index (χ3n) is 3.13. The number of rotatable bonds is 3. The van der Waals surface area contributed by atoms with Crippen molar-refractivity contribution in [2.45, 2.75) is 0 Å². The fourth-order valence-electron chi connectivity index (χ4n) is 2.20. The van der Waals surface area contributed by atoms with E-state index in [1.807, 2.05) is 12.1 Å². The SMILES string of the molecule is COc1cccc2cc(-c3c(C(=O)O)cnn3C)oc12. The number of ether oxygens (including phenoxy) is 1. The van der Waals surface area contributed by atoms with Crippen LogP contribution in [0, 0.1) is 0 Å². The van der Waals surface area contributed by atoms with Crippen LogP contribution < -0.4 is 4.74 Å². The molecule has 6 heteroatoms. The quantitative estimate of drug-likeness (QED) is 0.792. The van der Waals surface area contributed by atoms with Gasteiger partial charge in [0.15, 0.2) is 17.1 Å². The summed E-state index contributed by atoms with van der Waals surface area (Å²) in [5.74, 6) is 0.00946. The first kappa shape index (κ1) is 12.3. The first-order valence-corrected chi connectivity index (χ1v) is 5.94. The van der Waals surface area contributed by atoms with Crippen LogP contribution >= 0.6 is 0 Å². The normalized spacial score (nSPS) is 10.9. The van der Waals surface area contributed by atoms with E-state index < -0.39 is 5.97 Å². The molecular formula is C14H12N2O4. The number of aromatic nitrogens is 2. The molecular weight excluding hydrogens is 260 g/mol. The number of aromatic carboxylic acids is 1. The molecule has 0 radical (unpaired) electrons. The average molecular weight is 272 g/mol. The Kier molecular flexibility index (Phi) is 2.71. The monoisotopic (exact) mass is 272 g/mol. The van der Waals surface area contributed by atoms with Crippen LogP contribution in [0.15, 0.2) is 34.9 Å². The largest absolute Gasteiger partial charge is 0.493 e. The van der Waals surface area contributed by atoms with E-state index in [0.29, 0.717) is 22.8 Å². The highest BCUT2D eigenvalue weighted by Gasteiger charge is 2.20. The van der Waals surface area contributed by atoms with Crippen LogP contribution in [0.5, 0.6) is 5.75 Å². The van der Waals surface area contributed by atoms with E-state index in [1.54, 1.807) is 26.3 Å². The maximum Gasteiger partial charge on any atom is 0.339 e. The van der Waals surface area contributed by atoms with Gasteiger partial charge in [0.05, 0.1) is 13.3 Å². The Morgan fingerprint density at radius 2 is 2.25 bits per heavy atom. The zero-order valence-electron chi connectivity index (χ0n) is 11.0. The number of nitrogens with zero attached hydrogens (tertiary/aromatic N) is 2. The number of benzene rings is 1. The number of carboxylic acid groups (broad SMARTS) is 1. The van der Waals surface area contributed by atoms with E-state index in [1.165, 1.54) is 10.9 Å². The van der Waals surface area contributed by atoms with Gasteiger partial charge in [-0.15, -0.1) is 0 Å². The predicted molar refractivity (Wildman–Crippen MR) is 71.9 cm³/mol. The molecule has 0 atom stereocenters. The highest BCUT2D eigenvalue weighted by Crippen LogP contribution is 2.34. The molecule has 0 unspecified atom stereocenters. The second kappa shape index (κ2) is 4.41. The lowest BCUT2D eigenvalue weighted by Gasteiger charge is -2.00. The number of hydrogen-bond donors (Lipinski definition) is 1. The number of furan rings is 1. The van der Waals surface area contributed by atoms with Gasteiger partial charge in [0.2, 0.25) is 0 Å². The van der Waals surface area contributed by atoms with Crippen molar-refractivity contribution in [1.29, 1.82) is 0 Å². The first-order chi connectivity index (χ1) is 9.61. The van der Waals surface area contributed by atoms with Crippen LogP contribution in [0.25, 0.3) is 22.4 Å². The molecule has 0 saturated heterocycles. The van der Waals surface area contributed by atoms with E-state index in [-0.39, 0.29) is 5.56 Å². The fraction of sp³-hybridized carbons (Fsp3) is 0.143. The lowest BCUT2D eigenvalue weighted by Crippen LogP contribution is -1.99. The number of hydrogen-bond acceptors (Lipinski definition) is 4. The summed E-state index contributed by atoms with van der Waals surface area (Å²) in [6.07, 6.45) is 1.31. The molecule has 1 N–H and O–H groups in total. The Balaban J connectivity index is 2.26. The van der Waals surface area contributed by atoms with Gasteiger partial charge in [0, 0.05) is 12.4 Å². The van der Waals surface area contributed by atoms with E-state index in [9.17, 15) is 9.90 Å². The Hall–Kier alpha value is -2.76. The van der Waals surface area contributed by atoms with Crippen molar-refractivity contribution in [2.75, 3.05) is 7.11 Å². The summed E-state index contributed by atoms with van der Waals surface area (Å²) < 4.78 is 12.5. The van der Waals surface area contributed by atoms with Crippen molar-refractivity contribution < 1.29 is 19.1 Å². The molecule has 0 saturated carbocycles. The van der Waals surface area contributed by atoms with Crippen molar-refractivity contribution in [2.24, 2.45) is 7.05 Å². The van der Waals surface area contributed by atoms with E-state index >= 15 is 0 Å². The number of fused-ring (bicyclic) bond motifs is 1. The molecule has 102 valence electrons. The molecule has 0 aliphatic carbocycles. The molecule has 20 heavy (non-hydrogen) atoms. The Morgan fingerprint density at radius 3 is 2.95 bits per heavy atom. The lowest BCUT2D eigenvalue weighted by atomic mass is 10.2. The van der Waals surface area contributed by atoms with Crippen LogP contribution in [0.2, 0.25) is 0 Å². The number of carboxylic acids is 1. The second-order valence-electron chi connectivity index (χ2n) is 4.32. The molecule has 6 nitrogen and oxygen atoms in total. The van der Waals surface area contributed by atoms with Crippen molar-refractivity contribution in [1.82, 2.24) is 9.78 Å². The highest BCUT2D eigenvalue weighted by atomic mass is 16.5. The van der Waals surface area contributed by atoms with Gasteiger partial charge in [-0.3, -0.25) is 4.68 Å². The van der Waals surface area contributed by atoms with Gasteiger partial charge >= 0.3 is 5.97 Å². The molecule has 3 rings (SSSR count). The summed E-state index contributed by atoms with van der Waals surface area (Å²) in [4.78, 5) is 11.2. The van der Waals surface area contributed by atoms with Gasteiger partial charge in [-0.2, -0.15) is 5.10 Å². The predicted octanol–water partition coefficient (Wildman–Crippen LogP) is 2.54. The maximum absolute atomic E-state index is 11.2. The number of para-hydroxylation sites is 1. The molecule has 2 aromatic heterocycles. The standard InChI is InChI=1S/C14H12N2O4/c1-16-12(9(7-15-16)14(17)18)11-6-8-4-3-5-10(19-2)13(8)20-11/h3-7H,1-2H3,(H,17,18). The van der Waals surface area contributed by atoms with Gasteiger partial charge in [-0.05, 0) is 12.1 Å². The molecule has 2 heterocycles. The van der Waals surface area contributed by atoms with Gasteiger partial charge in [-0.1, -0.05) is 12.1 Å². The minimum Gasteiger partial charge on any atom is -0.493 e. The molecule has 0 bridgehead atoms. The van der Waals surface area contributed by atoms with E-state index in [4.69, 9.17) is 9.15 Å². The average Bonchev–Trinajstić information content (AvgIpc) is 3.00. The smallest absolute Gasteiger partial charge is 0.339 e. The van der Waals surface area contributed by atoms with Gasteiger partial charge < -0.3 is 14.3 Å². The van der Waals surface area contributed by atoms with Gasteiger partial charge in [0.1, 0.15) is 11.3 Å². The van der Waals surface area contributed by atoms with Crippen LogP contribution in [-0.4, -0.2) is 28.0 Å². The van der Waals surface area contributed by atoms with Crippen molar-refractivity contribution in [3.8, 4) is 17.2 Å². The fourth-order valence-corrected chi connectivity index (χ4v) is 2.20. The van der Waals surface area contributed by atoms with Crippen LogP contribution in [0.4, 0.5) is 0 Å².